The smallest absolute Gasteiger partial charge is 0.166 e. The molecule has 1 aromatic rings. The molecule has 2 N–H and O–H groups in total. The number of aryl methyl sites for hydroxylation is 2. The molecule has 0 aromatic carbocycles. The highest BCUT2D eigenvalue weighted by atomic mass is 35.5. The van der Waals surface area contributed by atoms with Crippen LogP contribution >= 0.6 is 23.7 Å². The molecule has 1 aromatic heterocycles. The lowest BCUT2D eigenvalue weighted by Crippen LogP contribution is -2.06. The van der Waals surface area contributed by atoms with Crippen LogP contribution in [0.2, 0.25) is 0 Å². The molecule has 1 heterocycles. The van der Waals surface area contributed by atoms with Gasteiger partial charge in [0.05, 0.1) is 0 Å². The third-order valence-electron chi connectivity index (χ3n) is 2.36. The molecule has 0 saturated carbocycles. The van der Waals surface area contributed by atoms with Crippen LogP contribution in [0.4, 0.5) is 0 Å². The highest BCUT2D eigenvalue weighted by Gasteiger charge is 2.31. The Morgan fingerprint density at radius 3 is 2.54 bits per heavy atom. The fourth-order valence-corrected chi connectivity index (χ4v) is 3.05. The summed E-state index contributed by atoms with van der Waals surface area (Å²) in [6.45, 7) is 4.03. The average molecular weight is 218 g/mol. The molecule has 2 nitrogen and oxygen atoms in total. The van der Waals surface area contributed by atoms with Crippen molar-refractivity contribution in [2.45, 2.75) is 26.3 Å². The minimum atomic E-state index is -0.0440. The molecule has 13 heavy (non-hydrogen) atoms. The Hall–Kier alpha value is -0.380. The molecule has 0 fully saturated rings. The predicted molar refractivity (Wildman–Crippen MR) is 56.9 cm³/mol. The minimum absolute atomic E-state index is 0. The van der Waals surface area contributed by atoms with E-state index in [0.717, 1.165) is 16.0 Å². The summed E-state index contributed by atoms with van der Waals surface area (Å²) in [5.74, 6) is 0.222. The topological polar surface area (TPSA) is 43.1 Å². The van der Waals surface area contributed by atoms with Gasteiger partial charge in [-0.3, -0.25) is 4.79 Å². The largest absolute Gasteiger partial charge is 0.324 e. The molecule has 1 aliphatic rings. The zero-order valence-corrected chi connectivity index (χ0v) is 9.22. The summed E-state index contributed by atoms with van der Waals surface area (Å²) in [6.07, 6.45) is 0.500. The van der Waals surface area contributed by atoms with E-state index in [1.165, 1.54) is 4.88 Å². The second-order valence-corrected chi connectivity index (χ2v) is 4.67. The van der Waals surface area contributed by atoms with Gasteiger partial charge in [0.1, 0.15) is 0 Å². The first-order valence-electron chi connectivity index (χ1n) is 4.00. The standard InChI is InChI=1S/C9H11NOS.ClH/c1-4-8-6(10)3-7(11)9(8)5(2)12-4;/h6H,3,10H2,1-2H3;1H. The Balaban J connectivity index is 0.000000845. The average Bonchev–Trinajstić information content (AvgIpc) is 2.38. The minimum Gasteiger partial charge on any atom is -0.324 e. The number of Topliss-reactive ketones (excluding diaryl/α,β-unsaturated/α-hetero) is 1. The molecule has 0 bridgehead atoms. The van der Waals surface area contributed by atoms with Gasteiger partial charge in [0, 0.05) is 27.8 Å². The van der Waals surface area contributed by atoms with Crippen molar-refractivity contribution < 1.29 is 4.79 Å². The molecular weight excluding hydrogens is 206 g/mol. The molecule has 0 amide bonds. The number of carbonyl (C=O) groups is 1. The monoisotopic (exact) mass is 217 g/mol. The van der Waals surface area contributed by atoms with Crippen LogP contribution in [-0.4, -0.2) is 5.78 Å². The van der Waals surface area contributed by atoms with E-state index in [0.29, 0.717) is 6.42 Å². The van der Waals surface area contributed by atoms with E-state index in [9.17, 15) is 4.79 Å². The van der Waals surface area contributed by atoms with Gasteiger partial charge in [0.15, 0.2) is 5.78 Å². The van der Waals surface area contributed by atoms with E-state index >= 15 is 0 Å². The van der Waals surface area contributed by atoms with E-state index in [-0.39, 0.29) is 24.2 Å². The lowest BCUT2D eigenvalue weighted by molar-refractivity contribution is 0.0989. The van der Waals surface area contributed by atoms with Crippen molar-refractivity contribution in [3.63, 3.8) is 0 Å². The van der Waals surface area contributed by atoms with Crippen LogP contribution in [0.25, 0.3) is 0 Å². The quantitative estimate of drug-likeness (QED) is 0.725. The highest BCUT2D eigenvalue weighted by Crippen LogP contribution is 2.38. The number of thiophene rings is 1. The van der Waals surface area contributed by atoms with Crippen molar-refractivity contribution >= 4 is 29.5 Å². The van der Waals surface area contributed by atoms with E-state index in [1.54, 1.807) is 11.3 Å². The zero-order chi connectivity index (χ0) is 8.88. The number of ketones is 1. The van der Waals surface area contributed by atoms with E-state index in [2.05, 4.69) is 0 Å². The van der Waals surface area contributed by atoms with Gasteiger partial charge in [-0.1, -0.05) is 0 Å². The van der Waals surface area contributed by atoms with Gasteiger partial charge in [-0.2, -0.15) is 0 Å². The number of carbonyl (C=O) groups excluding carboxylic acids is 1. The number of halogens is 1. The lowest BCUT2D eigenvalue weighted by atomic mass is 10.1. The van der Waals surface area contributed by atoms with Gasteiger partial charge in [-0.15, -0.1) is 23.7 Å². The van der Waals surface area contributed by atoms with Crippen molar-refractivity contribution in [1.29, 1.82) is 0 Å². The molecule has 2 rings (SSSR count). The van der Waals surface area contributed by atoms with Gasteiger partial charge in [0.25, 0.3) is 0 Å². The Labute approximate surface area is 87.5 Å². The maximum absolute atomic E-state index is 11.4. The first kappa shape index (κ1) is 10.7. The van der Waals surface area contributed by atoms with Crippen molar-refractivity contribution in [2.75, 3.05) is 0 Å². The van der Waals surface area contributed by atoms with Gasteiger partial charge in [-0.05, 0) is 19.4 Å². The summed E-state index contributed by atoms with van der Waals surface area (Å²) >= 11 is 1.68. The molecule has 72 valence electrons. The molecule has 4 heteroatoms. The lowest BCUT2D eigenvalue weighted by Gasteiger charge is -2.00. The molecule has 0 radical (unpaired) electrons. The summed E-state index contributed by atoms with van der Waals surface area (Å²) in [5, 5.41) is 0. The van der Waals surface area contributed by atoms with Crippen molar-refractivity contribution in [3.8, 4) is 0 Å². The highest BCUT2D eigenvalue weighted by molar-refractivity contribution is 7.12. The Bertz CT molecular complexity index is 359. The first-order chi connectivity index (χ1) is 5.61. The number of hydrogen-bond donors (Lipinski definition) is 1. The van der Waals surface area contributed by atoms with Gasteiger partial charge < -0.3 is 5.73 Å². The fourth-order valence-electron chi connectivity index (χ4n) is 1.90. The third-order valence-corrected chi connectivity index (χ3v) is 3.40. The Kier molecular flexibility index (Phi) is 2.80. The molecule has 0 spiro atoms. The normalized spacial score (nSPS) is 19.9. The van der Waals surface area contributed by atoms with E-state index in [1.807, 2.05) is 13.8 Å². The van der Waals surface area contributed by atoms with Gasteiger partial charge in [-0.25, -0.2) is 0 Å². The van der Waals surface area contributed by atoms with E-state index in [4.69, 9.17) is 5.73 Å². The van der Waals surface area contributed by atoms with Gasteiger partial charge in [0.2, 0.25) is 0 Å². The SMILES string of the molecule is Cc1sc(C)c2c1C(=O)CC2N.Cl. The summed E-state index contributed by atoms with van der Waals surface area (Å²) < 4.78 is 0. The summed E-state index contributed by atoms with van der Waals surface area (Å²) in [6, 6.07) is -0.0440. The van der Waals surface area contributed by atoms with Crippen LogP contribution in [-0.2, 0) is 0 Å². The van der Waals surface area contributed by atoms with Crippen LogP contribution in [0.5, 0.6) is 0 Å². The summed E-state index contributed by atoms with van der Waals surface area (Å²) in [4.78, 5) is 13.8. The molecule has 1 unspecified atom stereocenters. The number of hydrogen-bond acceptors (Lipinski definition) is 3. The number of fused-ring (bicyclic) bond motifs is 1. The first-order valence-corrected chi connectivity index (χ1v) is 4.81. The van der Waals surface area contributed by atoms with Crippen LogP contribution in [0.15, 0.2) is 0 Å². The van der Waals surface area contributed by atoms with Crippen molar-refractivity contribution in [3.05, 3.63) is 20.9 Å². The van der Waals surface area contributed by atoms with Crippen LogP contribution in [0.3, 0.4) is 0 Å². The number of nitrogens with two attached hydrogens (primary N) is 1. The van der Waals surface area contributed by atoms with E-state index < -0.39 is 0 Å². The second kappa shape index (κ2) is 3.40. The maximum atomic E-state index is 11.4. The van der Waals surface area contributed by atoms with Gasteiger partial charge >= 0.3 is 0 Å². The van der Waals surface area contributed by atoms with Crippen molar-refractivity contribution in [2.24, 2.45) is 5.73 Å². The van der Waals surface area contributed by atoms with Crippen LogP contribution in [0, 0.1) is 13.8 Å². The molecule has 0 saturated heterocycles. The predicted octanol–water partition coefficient (Wildman–Crippen LogP) is 2.37. The molecule has 1 aliphatic carbocycles. The number of rotatable bonds is 0. The third kappa shape index (κ3) is 1.41. The Morgan fingerprint density at radius 1 is 1.38 bits per heavy atom. The fraction of sp³-hybridized carbons (Fsp3) is 0.444. The molecular formula is C9H12ClNOS. The zero-order valence-electron chi connectivity index (χ0n) is 7.59. The second-order valence-electron chi connectivity index (χ2n) is 3.24. The molecule has 1 atom stereocenters. The summed E-state index contributed by atoms with van der Waals surface area (Å²) in [7, 11) is 0. The van der Waals surface area contributed by atoms with Crippen LogP contribution in [0.1, 0.15) is 38.1 Å². The van der Waals surface area contributed by atoms with Crippen LogP contribution < -0.4 is 5.73 Å². The Morgan fingerprint density at radius 2 is 2.00 bits per heavy atom. The van der Waals surface area contributed by atoms with Crippen molar-refractivity contribution in [1.82, 2.24) is 0 Å². The molecule has 0 aliphatic heterocycles. The maximum Gasteiger partial charge on any atom is 0.166 e. The summed E-state index contributed by atoms with van der Waals surface area (Å²) in [5.41, 5.74) is 7.84.